The van der Waals surface area contributed by atoms with Crippen LogP contribution in [0.1, 0.15) is 414 Å². The molecule has 0 aromatic heterocycles. The van der Waals surface area contributed by atoms with E-state index in [1.54, 1.807) is 0 Å². The summed E-state index contributed by atoms with van der Waals surface area (Å²) in [6, 6.07) is 0. The molecule has 6 atom stereocenters. The molecule has 0 aliphatic carbocycles. The minimum Gasteiger partial charge on any atom is -0.462 e. The molecule has 17 nitrogen and oxygen atoms in total. The van der Waals surface area contributed by atoms with Crippen molar-refractivity contribution in [1.29, 1.82) is 0 Å². The number of rotatable bonds is 78. The lowest BCUT2D eigenvalue weighted by Gasteiger charge is -2.21. The molecule has 99 heavy (non-hydrogen) atoms. The topological polar surface area (TPSA) is 237 Å². The van der Waals surface area contributed by atoms with Gasteiger partial charge in [-0.25, -0.2) is 9.13 Å². The van der Waals surface area contributed by atoms with E-state index in [-0.39, 0.29) is 25.7 Å². The molecule has 0 aliphatic heterocycles. The number of unbranched alkanes of at least 4 members (excludes halogenated alkanes) is 45. The standard InChI is InChI=1S/C80H156O17P2/c1-8-10-11-12-13-14-15-18-25-33-40-47-54-61-77(82)90-68-76(97-80(85)64-57-50-43-36-29-28-32-39-46-53-60-73(7)9-2)70-95-99(88,89)93-66-74(81)65-92-98(86,87)94-69-75(67-91-78(83)62-55-48-41-34-26-22-21-24-31-38-45-52-59-72(5)6)96-79(84)63-56-49-42-35-27-20-17-16-19-23-30-37-44-51-58-71(3)4/h71-76,81H,8-70H2,1-7H3,(H,86,87)(H,88,89)/t73?,74-,75-,76-/m1/s1. The highest BCUT2D eigenvalue weighted by atomic mass is 31.2. The second-order valence-corrected chi connectivity index (χ2v) is 32.9. The SMILES string of the molecule is CCCCCCCCCCCCCCCC(=O)OC[C@H](COP(=O)(O)OC[C@H](O)COP(=O)(O)OC[C@@H](COC(=O)CCCCCCCCCCCCCCC(C)C)OC(=O)CCCCCCCCCCCCCCCCC(C)C)OC(=O)CCCCCCCCCCCCC(C)CC. The summed E-state index contributed by atoms with van der Waals surface area (Å²) in [6.45, 7) is 12.0. The van der Waals surface area contributed by atoms with Gasteiger partial charge >= 0.3 is 39.5 Å². The minimum atomic E-state index is -4.96. The number of phosphoric ester groups is 2. The maximum Gasteiger partial charge on any atom is 0.472 e. The van der Waals surface area contributed by atoms with Crippen LogP contribution in [0.4, 0.5) is 0 Å². The largest absolute Gasteiger partial charge is 0.472 e. The molecule has 0 bridgehead atoms. The second-order valence-electron chi connectivity index (χ2n) is 30.0. The number of hydrogen-bond donors (Lipinski definition) is 3. The van der Waals surface area contributed by atoms with Crippen LogP contribution in [0.25, 0.3) is 0 Å². The third-order valence-electron chi connectivity index (χ3n) is 19.0. The van der Waals surface area contributed by atoms with Crippen LogP contribution in [0.5, 0.6) is 0 Å². The van der Waals surface area contributed by atoms with Crippen LogP contribution in [0.3, 0.4) is 0 Å². The maximum absolute atomic E-state index is 13.1. The first-order valence-corrected chi connectivity index (χ1v) is 44.4. The number of carbonyl (C=O) groups excluding carboxylic acids is 4. The molecule has 0 saturated heterocycles. The number of aliphatic hydroxyl groups excluding tert-OH is 1. The number of ether oxygens (including phenoxy) is 4. The third-order valence-corrected chi connectivity index (χ3v) is 20.9. The zero-order valence-corrected chi connectivity index (χ0v) is 66.8. The molecular formula is C80H156O17P2. The van der Waals surface area contributed by atoms with Crippen molar-refractivity contribution in [2.24, 2.45) is 17.8 Å². The van der Waals surface area contributed by atoms with Crippen LogP contribution >= 0.6 is 15.6 Å². The molecule has 3 unspecified atom stereocenters. The molecule has 19 heteroatoms. The van der Waals surface area contributed by atoms with Crippen molar-refractivity contribution in [1.82, 2.24) is 0 Å². The monoisotopic (exact) mass is 1450 g/mol. The van der Waals surface area contributed by atoms with E-state index in [0.717, 1.165) is 108 Å². The van der Waals surface area contributed by atoms with Gasteiger partial charge in [-0.05, 0) is 43.4 Å². The minimum absolute atomic E-state index is 0.107. The Hall–Kier alpha value is -1.94. The van der Waals surface area contributed by atoms with Gasteiger partial charge in [0.1, 0.15) is 19.3 Å². The first-order chi connectivity index (χ1) is 47.8. The number of phosphoric acid groups is 2. The van der Waals surface area contributed by atoms with E-state index in [0.29, 0.717) is 25.7 Å². The van der Waals surface area contributed by atoms with Crippen molar-refractivity contribution in [3.05, 3.63) is 0 Å². The highest BCUT2D eigenvalue weighted by Gasteiger charge is 2.30. The molecule has 0 rings (SSSR count). The predicted octanol–water partition coefficient (Wildman–Crippen LogP) is 23.7. The maximum atomic E-state index is 13.1. The lowest BCUT2D eigenvalue weighted by Crippen LogP contribution is -2.30. The van der Waals surface area contributed by atoms with Crippen molar-refractivity contribution in [2.75, 3.05) is 39.6 Å². The Balaban J connectivity index is 5.28. The Kier molecular flexibility index (Phi) is 69.0. The molecule has 0 radical (unpaired) electrons. The van der Waals surface area contributed by atoms with E-state index >= 15 is 0 Å². The molecule has 0 fully saturated rings. The van der Waals surface area contributed by atoms with Crippen LogP contribution in [0, 0.1) is 17.8 Å². The Labute approximate surface area is 607 Å². The Morgan fingerprint density at radius 3 is 0.768 bits per heavy atom. The van der Waals surface area contributed by atoms with E-state index in [1.165, 1.54) is 225 Å². The molecule has 0 heterocycles. The highest BCUT2D eigenvalue weighted by molar-refractivity contribution is 7.47. The fraction of sp³-hybridized carbons (Fsp3) is 0.950. The van der Waals surface area contributed by atoms with Crippen LogP contribution in [-0.2, 0) is 65.4 Å². The van der Waals surface area contributed by atoms with E-state index < -0.39 is 97.5 Å². The summed E-state index contributed by atoms with van der Waals surface area (Å²) in [4.78, 5) is 73.0. The number of aliphatic hydroxyl groups is 1. The van der Waals surface area contributed by atoms with E-state index in [4.69, 9.17) is 37.0 Å². The fourth-order valence-electron chi connectivity index (χ4n) is 12.3. The van der Waals surface area contributed by atoms with Crippen LogP contribution in [-0.4, -0.2) is 96.7 Å². The number of hydrogen-bond acceptors (Lipinski definition) is 15. The van der Waals surface area contributed by atoms with Gasteiger partial charge in [-0.2, -0.15) is 0 Å². The van der Waals surface area contributed by atoms with Gasteiger partial charge in [-0.1, -0.05) is 363 Å². The van der Waals surface area contributed by atoms with Crippen LogP contribution in [0.2, 0.25) is 0 Å². The van der Waals surface area contributed by atoms with E-state index in [9.17, 15) is 43.2 Å². The van der Waals surface area contributed by atoms with Gasteiger partial charge in [0.05, 0.1) is 26.4 Å². The van der Waals surface area contributed by atoms with Gasteiger partial charge in [0, 0.05) is 25.7 Å². The van der Waals surface area contributed by atoms with Gasteiger partial charge in [-0.15, -0.1) is 0 Å². The second kappa shape index (κ2) is 70.4. The molecule has 3 N–H and O–H groups in total. The summed E-state index contributed by atoms with van der Waals surface area (Å²) in [5, 5.41) is 10.6. The normalized spacial score (nSPS) is 14.3. The van der Waals surface area contributed by atoms with Gasteiger partial charge in [0.25, 0.3) is 0 Å². The zero-order chi connectivity index (χ0) is 73.0. The first-order valence-electron chi connectivity index (χ1n) is 41.4. The molecule has 0 aliphatic rings. The summed E-state index contributed by atoms with van der Waals surface area (Å²) < 4.78 is 68.7. The van der Waals surface area contributed by atoms with E-state index in [1.807, 2.05) is 0 Å². The molecule has 0 saturated carbocycles. The summed E-state index contributed by atoms with van der Waals surface area (Å²) in [5.41, 5.74) is 0. The average Bonchev–Trinajstić information content (AvgIpc) is 1.59. The van der Waals surface area contributed by atoms with Crippen molar-refractivity contribution >= 4 is 39.5 Å². The number of esters is 4. The van der Waals surface area contributed by atoms with Crippen molar-refractivity contribution in [3.63, 3.8) is 0 Å². The lowest BCUT2D eigenvalue weighted by atomic mass is 9.99. The van der Waals surface area contributed by atoms with Crippen LogP contribution < -0.4 is 0 Å². The molecular weight excluding hydrogens is 1290 g/mol. The Morgan fingerprint density at radius 1 is 0.293 bits per heavy atom. The molecule has 0 amide bonds. The quantitative estimate of drug-likeness (QED) is 0.0222. The van der Waals surface area contributed by atoms with E-state index in [2.05, 4.69) is 48.5 Å². The van der Waals surface area contributed by atoms with Gasteiger partial charge in [-0.3, -0.25) is 37.3 Å². The summed E-state index contributed by atoms with van der Waals surface area (Å²) in [6.07, 6.45) is 58.0. The predicted molar refractivity (Wildman–Crippen MR) is 405 cm³/mol. The van der Waals surface area contributed by atoms with Crippen molar-refractivity contribution in [2.45, 2.75) is 433 Å². The summed E-state index contributed by atoms with van der Waals surface area (Å²) in [5.74, 6) is 0.270. The molecule has 0 aromatic rings. The zero-order valence-electron chi connectivity index (χ0n) is 65.0. The number of carbonyl (C=O) groups is 4. The van der Waals surface area contributed by atoms with Crippen molar-refractivity contribution < 1.29 is 80.2 Å². The third kappa shape index (κ3) is 72.8. The summed E-state index contributed by atoms with van der Waals surface area (Å²) >= 11 is 0. The van der Waals surface area contributed by atoms with Gasteiger partial charge in [0.2, 0.25) is 0 Å². The molecule has 588 valence electrons. The fourth-order valence-corrected chi connectivity index (χ4v) is 13.9. The average molecular weight is 1450 g/mol. The smallest absolute Gasteiger partial charge is 0.462 e. The molecule has 0 aromatic carbocycles. The van der Waals surface area contributed by atoms with Crippen LogP contribution in [0.15, 0.2) is 0 Å². The van der Waals surface area contributed by atoms with Crippen molar-refractivity contribution in [3.8, 4) is 0 Å². The highest BCUT2D eigenvalue weighted by Crippen LogP contribution is 2.45. The molecule has 0 spiro atoms. The lowest BCUT2D eigenvalue weighted by molar-refractivity contribution is -0.161. The van der Waals surface area contributed by atoms with Gasteiger partial charge < -0.3 is 33.8 Å². The van der Waals surface area contributed by atoms with Gasteiger partial charge in [0.15, 0.2) is 12.2 Å². The summed E-state index contributed by atoms with van der Waals surface area (Å²) in [7, 11) is -9.92. The Morgan fingerprint density at radius 2 is 0.515 bits per heavy atom. The first kappa shape index (κ1) is 97.1. The Bertz CT molecular complexity index is 1920.